The topological polar surface area (TPSA) is 78.0 Å². The Morgan fingerprint density at radius 2 is 2.24 bits per heavy atom. The van der Waals surface area contributed by atoms with Gasteiger partial charge in [-0.1, -0.05) is 19.1 Å². The third kappa shape index (κ3) is 2.45. The molecular weight excluding hydrogens is 218 g/mol. The van der Waals surface area contributed by atoms with Crippen molar-refractivity contribution in [1.29, 1.82) is 0 Å². The first-order valence-corrected chi connectivity index (χ1v) is 5.61. The smallest absolute Gasteiger partial charge is 0.260 e. The molecule has 90 valence electrons. The summed E-state index contributed by atoms with van der Waals surface area (Å²) < 4.78 is 0. The first-order chi connectivity index (χ1) is 8.24. The maximum atomic E-state index is 11.8. The lowest BCUT2D eigenvalue weighted by molar-refractivity contribution is 0.271. The van der Waals surface area contributed by atoms with E-state index in [4.69, 9.17) is 5.11 Å². The van der Waals surface area contributed by atoms with E-state index >= 15 is 0 Å². The lowest BCUT2D eigenvalue weighted by Crippen LogP contribution is -2.25. The van der Waals surface area contributed by atoms with Gasteiger partial charge >= 0.3 is 0 Å². The number of rotatable bonds is 4. The Morgan fingerprint density at radius 1 is 1.47 bits per heavy atom. The average Bonchev–Trinajstić information content (AvgIpc) is 2.36. The molecule has 0 unspecified atom stereocenters. The second kappa shape index (κ2) is 4.97. The van der Waals surface area contributed by atoms with Gasteiger partial charge < -0.3 is 10.4 Å². The van der Waals surface area contributed by atoms with E-state index in [9.17, 15) is 4.79 Å². The molecule has 5 heteroatoms. The van der Waals surface area contributed by atoms with Crippen LogP contribution in [0.3, 0.4) is 0 Å². The molecule has 0 spiro atoms. The molecule has 1 heterocycles. The summed E-state index contributed by atoms with van der Waals surface area (Å²) in [5.74, 6) is 0.398. The van der Waals surface area contributed by atoms with Gasteiger partial charge in [0.1, 0.15) is 0 Å². The summed E-state index contributed by atoms with van der Waals surface area (Å²) >= 11 is 0. The number of para-hydroxylation sites is 1. The number of benzene rings is 1. The van der Waals surface area contributed by atoms with Gasteiger partial charge in [0.15, 0.2) is 0 Å². The molecule has 0 aliphatic heterocycles. The number of hydrogen-bond donors (Lipinski definition) is 3. The third-order valence-corrected chi connectivity index (χ3v) is 2.67. The molecule has 0 saturated heterocycles. The Bertz CT molecular complexity index is 561. The molecule has 17 heavy (non-hydrogen) atoms. The largest absolute Gasteiger partial charge is 0.394 e. The second-order valence-corrected chi connectivity index (χ2v) is 3.86. The quantitative estimate of drug-likeness (QED) is 0.739. The molecule has 3 N–H and O–H groups in total. The maximum absolute atomic E-state index is 11.8. The summed E-state index contributed by atoms with van der Waals surface area (Å²) in [6, 6.07) is 7.06. The van der Waals surface area contributed by atoms with Crippen molar-refractivity contribution in [3.63, 3.8) is 0 Å². The zero-order valence-electron chi connectivity index (χ0n) is 9.60. The number of aliphatic hydroxyl groups excluding tert-OH is 1. The van der Waals surface area contributed by atoms with Gasteiger partial charge in [-0.15, -0.1) is 0 Å². The number of aromatic amines is 1. The van der Waals surface area contributed by atoms with Gasteiger partial charge in [-0.05, 0) is 18.6 Å². The molecule has 0 fully saturated rings. The molecular formula is C12H15N3O2. The van der Waals surface area contributed by atoms with Crippen LogP contribution >= 0.6 is 0 Å². The van der Waals surface area contributed by atoms with Crippen LogP contribution in [0.4, 0.5) is 5.95 Å². The van der Waals surface area contributed by atoms with E-state index in [2.05, 4.69) is 15.3 Å². The highest BCUT2D eigenvalue weighted by Gasteiger charge is 2.07. The van der Waals surface area contributed by atoms with E-state index in [1.165, 1.54) is 0 Å². The zero-order chi connectivity index (χ0) is 12.3. The number of H-pyrrole nitrogens is 1. The van der Waals surface area contributed by atoms with Crippen LogP contribution in [-0.2, 0) is 0 Å². The van der Waals surface area contributed by atoms with E-state index in [0.29, 0.717) is 16.9 Å². The number of nitrogens with zero attached hydrogens (tertiary/aromatic N) is 1. The molecule has 0 saturated carbocycles. The van der Waals surface area contributed by atoms with E-state index in [-0.39, 0.29) is 18.2 Å². The van der Waals surface area contributed by atoms with Crippen LogP contribution in [0.15, 0.2) is 29.1 Å². The molecule has 0 bridgehead atoms. The fourth-order valence-corrected chi connectivity index (χ4v) is 1.62. The predicted octanol–water partition coefficient (Wildman–Crippen LogP) is 1.11. The molecule has 5 nitrogen and oxygen atoms in total. The molecule has 0 radical (unpaired) electrons. The van der Waals surface area contributed by atoms with Crippen LogP contribution < -0.4 is 10.9 Å². The first kappa shape index (κ1) is 11.6. The summed E-state index contributed by atoms with van der Waals surface area (Å²) in [6.07, 6.45) is 0.757. The fraction of sp³-hybridized carbons (Fsp3) is 0.333. The lowest BCUT2D eigenvalue weighted by Gasteiger charge is -2.14. The average molecular weight is 233 g/mol. The molecule has 1 aromatic carbocycles. The van der Waals surface area contributed by atoms with Gasteiger partial charge in [0.25, 0.3) is 5.56 Å². The van der Waals surface area contributed by atoms with Gasteiger partial charge in [-0.2, -0.15) is 0 Å². The van der Waals surface area contributed by atoms with Crippen LogP contribution in [-0.4, -0.2) is 27.7 Å². The molecule has 1 atom stereocenters. The Balaban J connectivity index is 2.40. The minimum atomic E-state index is -0.175. The SMILES string of the molecule is CC[C@@H](CO)Nc1nc2ccccc2c(=O)[nH]1. The number of anilines is 1. The van der Waals surface area contributed by atoms with E-state index in [1.54, 1.807) is 18.2 Å². The van der Waals surface area contributed by atoms with Crippen LogP contribution in [0.1, 0.15) is 13.3 Å². The minimum absolute atomic E-state index is 0.00698. The van der Waals surface area contributed by atoms with Crippen molar-refractivity contribution in [2.75, 3.05) is 11.9 Å². The maximum Gasteiger partial charge on any atom is 0.260 e. The standard InChI is InChI=1S/C12H15N3O2/c1-2-8(7-16)13-12-14-10-6-4-3-5-9(10)11(17)15-12/h3-6,8,16H,2,7H2,1H3,(H2,13,14,15,17)/t8-/m0/s1. The van der Waals surface area contributed by atoms with E-state index < -0.39 is 0 Å². The summed E-state index contributed by atoms with van der Waals surface area (Å²) in [6.45, 7) is 1.96. The van der Waals surface area contributed by atoms with Crippen molar-refractivity contribution in [1.82, 2.24) is 9.97 Å². The van der Waals surface area contributed by atoms with Crippen LogP contribution in [0.5, 0.6) is 0 Å². The van der Waals surface area contributed by atoms with E-state index in [1.807, 2.05) is 13.0 Å². The van der Waals surface area contributed by atoms with Crippen molar-refractivity contribution in [3.8, 4) is 0 Å². The minimum Gasteiger partial charge on any atom is -0.394 e. The summed E-state index contributed by atoms with van der Waals surface area (Å²) in [5, 5.41) is 12.6. The Hall–Kier alpha value is -1.88. The normalized spacial score (nSPS) is 12.6. The second-order valence-electron chi connectivity index (χ2n) is 3.86. The van der Waals surface area contributed by atoms with Crippen molar-refractivity contribution >= 4 is 16.9 Å². The predicted molar refractivity (Wildman–Crippen MR) is 67.2 cm³/mol. The Labute approximate surface area is 98.5 Å². The van der Waals surface area contributed by atoms with Crippen molar-refractivity contribution in [3.05, 3.63) is 34.6 Å². The highest BCUT2D eigenvalue weighted by Crippen LogP contribution is 2.09. The van der Waals surface area contributed by atoms with E-state index in [0.717, 1.165) is 6.42 Å². The highest BCUT2D eigenvalue weighted by atomic mass is 16.3. The molecule has 0 aliphatic rings. The van der Waals surface area contributed by atoms with Gasteiger partial charge in [0.05, 0.1) is 23.6 Å². The Morgan fingerprint density at radius 3 is 2.94 bits per heavy atom. The number of hydrogen-bond acceptors (Lipinski definition) is 4. The van der Waals surface area contributed by atoms with Crippen LogP contribution in [0.2, 0.25) is 0 Å². The molecule has 0 amide bonds. The number of fused-ring (bicyclic) bond motifs is 1. The number of aromatic nitrogens is 2. The van der Waals surface area contributed by atoms with Crippen molar-refractivity contribution in [2.45, 2.75) is 19.4 Å². The Kier molecular flexibility index (Phi) is 3.39. The molecule has 2 aromatic rings. The number of aliphatic hydroxyl groups is 1. The van der Waals surface area contributed by atoms with Gasteiger partial charge in [-0.25, -0.2) is 4.98 Å². The first-order valence-electron chi connectivity index (χ1n) is 5.61. The molecule has 0 aliphatic carbocycles. The van der Waals surface area contributed by atoms with Crippen LogP contribution in [0.25, 0.3) is 10.9 Å². The van der Waals surface area contributed by atoms with Crippen molar-refractivity contribution < 1.29 is 5.11 Å². The van der Waals surface area contributed by atoms with Gasteiger partial charge in [0, 0.05) is 0 Å². The molecule has 1 aromatic heterocycles. The fourth-order valence-electron chi connectivity index (χ4n) is 1.62. The summed E-state index contributed by atoms with van der Waals surface area (Å²) in [4.78, 5) is 18.7. The van der Waals surface area contributed by atoms with Gasteiger partial charge in [-0.3, -0.25) is 9.78 Å². The third-order valence-electron chi connectivity index (χ3n) is 2.67. The summed E-state index contributed by atoms with van der Waals surface area (Å²) in [5.41, 5.74) is 0.470. The monoisotopic (exact) mass is 233 g/mol. The zero-order valence-corrected chi connectivity index (χ0v) is 9.60. The highest BCUT2D eigenvalue weighted by molar-refractivity contribution is 5.78. The van der Waals surface area contributed by atoms with Crippen molar-refractivity contribution in [2.24, 2.45) is 0 Å². The molecule has 2 rings (SSSR count). The lowest BCUT2D eigenvalue weighted by atomic mass is 10.2. The summed E-state index contributed by atoms with van der Waals surface area (Å²) in [7, 11) is 0. The number of nitrogens with one attached hydrogen (secondary N) is 2. The van der Waals surface area contributed by atoms with Gasteiger partial charge in [0.2, 0.25) is 5.95 Å². The van der Waals surface area contributed by atoms with Crippen LogP contribution in [0, 0.1) is 0 Å².